The summed E-state index contributed by atoms with van der Waals surface area (Å²) in [6, 6.07) is 11.1. The van der Waals surface area contributed by atoms with Crippen LogP contribution in [-0.2, 0) is 0 Å². The van der Waals surface area contributed by atoms with E-state index >= 15 is 0 Å². The first kappa shape index (κ1) is 19.7. The Morgan fingerprint density at radius 2 is 1.93 bits per heavy atom. The normalized spacial score (nSPS) is 10.8. The van der Waals surface area contributed by atoms with Gasteiger partial charge < -0.3 is 14.8 Å². The Balaban J connectivity index is 1.67. The van der Waals surface area contributed by atoms with Crippen LogP contribution in [0.3, 0.4) is 0 Å². The standard InChI is InChI=1S/C22H27N3O3/c1-4-5-6-7-15-28-18-12-10-17(11-13-18)24-22(26)20-16(2)23-21-19(27-3)9-8-14-25(20)21/h8-14H,4-7,15H2,1-3H3,(H,24,26). The van der Waals surface area contributed by atoms with Crippen molar-refractivity contribution in [3.63, 3.8) is 0 Å². The summed E-state index contributed by atoms with van der Waals surface area (Å²) in [5.74, 6) is 1.22. The summed E-state index contributed by atoms with van der Waals surface area (Å²) in [7, 11) is 1.59. The smallest absolute Gasteiger partial charge is 0.274 e. The number of hydrogen-bond donors (Lipinski definition) is 1. The molecule has 0 radical (unpaired) electrons. The number of carbonyl (C=O) groups excluding carboxylic acids is 1. The number of carbonyl (C=O) groups is 1. The van der Waals surface area contributed by atoms with E-state index < -0.39 is 0 Å². The molecule has 2 heterocycles. The molecular weight excluding hydrogens is 354 g/mol. The number of aromatic nitrogens is 2. The Hall–Kier alpha value is -3.02. The van der Waals surface area contributed by atoms with E-state index in [1.54, 1.807) is 11.5 Å². The highest BCUT2D eigenvalue weighted by Gasteiger charge is 2.18. The second-order valence-electron chi connectivity index (χ2n) is 6.70. The van der Waals surface area contributed by atoms with Crippen molar-refractivity contribution < 1.29 is 14.3 Å². The van der Waals surface area contributed by atoms with Gasteiger partial charge in [0.25, 0.3) is 5.91 Å². The van der Waals surface area contributed by atoms with Gasteiger partial charge in [-0.25, -0.2) is 4.98 Å². The number of rotatable bonds is 9. The fourth-order valence-corrected chi connectivity index (χ4v) is 3.13. The van der Waals surface area contributed by atoms with Gasteiger partial charge in [-0.3, -0.25) is 9.20 Å². The molecule has 1 N–H and O–H groups in total. The fraction of sp³-hybridized carbons (Fsp3) is 0.364. The molecule has 28 heavy (non-hydrogen) atoms. The molecule has 2 aromatic heterocycles. The first-order valence-electron chi connectivity index (χ1n) is 9.70. The number of fused-ring (bicyclic) bond motifs is 1. The van der Waals surface area contributed by atoms with Gasteiger partial charge in [-0.2, -0.15) is 0 Å². The van der Waals surface area contributed by atoms with Gasteiger partial charge in [-0.15, -0.1) is 0 Å². The van der Waals surface area contributed by atoms with Gasteiger partial charge in [0.05, 0.1) is 19.4 Å². The minimum absolute atomic E-state index is 0.216. The molecule has 3 rings (SSSR count). The van der Waals surface area contributed by atoms with Gasteiger partial charge in [0.2, 0.25) is 0 Å². The third kappa shape index (κ3) is 4.44. The quantitative estimate of drug-likeness (QED) is 0.538. The Labute approximate surface area is 165 Å². The average molecular weight is 381 g/mol. The number of unbranched alkanes of at least 4 members (excludes halogenated alkanes) is 3. The number of nitrogens with zero attached hydrogens (tertiary/aromatic N) is 2. The van der Waals surface area contributed by atoms with E-state index in [4.69, 9.17) is 9.47 Å². The van der Waals surface area contributed by atoms with Crippen molar-refractivity contribution in [2.24, 2.45) is 0 Å². The van der Waals surface area contributed by atoms with Crippen LogP contribution in [0.25, 0.3) is 5.65 Å². The molecule has 1 aromatic carbocycles. The number of benzene rings is 1. The van der Waals surface area contributed by atoms with Gasteiger partial charge in [0.1, 0.15) is 11.4 Å². The van der Waals surface area contributed by atoms with Crippen molar-refractivity contribution in [2.45, 2.75) is 39.5 Å². The molecule has 148 valence electrons. The predicted octanol–water partition coefficient (Wildman–Crippen LogP) is 4.86. The lowest BCUT2D eigenvalue weighted by Gasteiger charge is -2.09. The lowest BCUT2D eigenvalue weighted by atomic mass is 10.2. The number of hydrogen-bond acceptors (Lipinski definition) is 4. The first-order valence-corrected chi connectivity index (χ1v) is 9.70. The lowest BCUT2D eigenvalue weighted by Crippen LogP contribution is -2.15. The van der Waals surface area contributed by atoms with E-state index in [2.05, 4.69) is 17.2 Å². The van der Waals surface area contributed by atoms with Crippen LogP contribution in [0.4, 0.5) is 5.69 Å². The zero-order valence-electron chi connectivity index (χ0n) is 16.7. The maximum Gasteiger partial charge on any atom is 0.274 e. The maximum absolute atomic E-state index is 12.8. The highest BCUT2D eigenvalue weighted by Crippen LogP contribution is 2.23. The molecule has 6 nitrogen and oxygen atoms in total. The fourth-order valence-electron chi connectivity index (χ4n) is 3.13. The number of anilines is 1. The van der Waals surface area contributed by atoms with Gasteiger partial charge in [0, 0.05) is 11.9 Å². The highest BCUT2D eigenvalue weighted by atomic mass is 16.5. The summed E-state index contributed by atoms with van der Waals surface area (Å²) in [6.45, 7) is 4.73. The number of pyridine rings is 1. The summed E-state index contributed by atoms with van der Waals surface area (Å²) in [5, 5.41) is 2.93. The Bertz CT molecular complexity index is 932. The van der Waals surface area contributed by atoms with Crippen LogP contribution < -0.4 is 14.8 Å². The second kappa shape index (κ2) is 9.26. The van der Waals surface area contributed by atoms with Gasteiger partial charge in [0.15, 0.2) is 11.4 Å². The molecule has 0 saturated carbocycles. The molecule has 1 amide bonds. The molecule has 0 saturated heterocycles. The molecule has 0 atom stereocenters. The summed E-state index contributed by atoms with van der Waals surface area (Å²) >= 11 is 0. The van der Waals surface area contributed by atoms with Crippen LogP contribution in [0, 0.1) is 6.92 Å². The summed E-state index contributed by atoms with van der Waals surface area (Å²) < 4.78 is 12.8. The Morgan fingerprint density at radius 3 is 2.64 bits per heavy atom. The zero-order chi connectivity index (χ0) is 19.9. The Morgan fingerprint density at radius 1 is 1.14 bits per heavy atom. The average Bonchev–Trinajstić information content (AvgIpc) is 3.05. The van der Waals surface area contributed by atoms with E-state index in [1.807, 2.05) is 49.5 Å². The first-order chi connectivity index (χ1) is 13.6. The molecule has 0 spiro atoms. The summed E-state index contributed by atoms with van der Waals surface area (Å²) in [6.07, 6.45) is 6.51. The van der Waals surface area contributed by atoms with Gasteiger partial charge in [-0.1, -0.05) is 26.2 Å². The molecule has 0 aliphatic heterocycles. The number of aryl methyl sites for hydroxylation is 1. The van der Waals surface area contributed by atoms with Crippen LogP contribution in [-0.4, -0.2) is 29.0 Å². The Kier molecular flexibility index (Phi) is 6.53. The molecule has 0 unspecified atom stereocenters. The number of amides is 1. The van der Waals surface area contributed by atoms with Crippen LogP contribution in [0.2, 0.25) is 0 Å². The summed E-state index contributed by atoms with van der Waals surface area (Å²) in [4.78, 5) is 17.3. The lowest BCUT2D eigenvalue weighted by molar-refractivity contribution is 0.102. The molecular formula is C22H27N3O3. The van der Waals surface area contributed by atoms with Crippen LogP contribution >= 0.6 is 0 Å². The van der Waals surface area contributed by atoms with Crippen LogP contribution in [0.5, 0.6) is 11.5 Å². The van der Waals surface area contributed by atoms with Crippen molar-refractivity contribution in [2.75, 3.05) is 19.0 Å². The minimum atomic E-state index is -0.216. The third-order valence-corrected chi connectivity index (χ3v) is 4.60. The van der Waals surface area contributed by atoms with Crippen molar-refractivity contribution in [1.29, 1.82) is 0 Å². The van der Waals surface area contributed by atoms with Crippen molar-refractivity contribution >= 4 is 17.2 Å². The van der Waals surface area contributed by atoms with Crippen LogP contribution in [0.15, 0.2) is 42.6 Å². The topological polar surface area (TPSA) is 64.9 Å². The van der Waals surface area contributed by atoms with E-state index in [0.29, 0.717) is 35.1 Å². The third-order valence-electron chi connectivity index (χ3n) is 4.60. The highest BCUT2D eigenvalue weighted by molar-refractivity contribution is 6.04. The molecule has 3 aromatic rings. The monoisotopic (exact) mass is 381 g/mol. The molecule has 0 aliphatic carbocycles. The van der Waals surface area contributed by atoms with E-state index in [9.17, 15) is 4.79 Å². The second-order valence-corrected chi connectivity index (χ2v) is 6.70. The number of imidazole rings is 1. The minimum Gasteiger partial charge on any atom is -0.494 e. The van der Waals surface area contributed by atoms with E-state index in [0.717, 1.165) is 12.2 Å². The number of nitrogens with one attached hydrogen (secondary N) is 1. The molecule has 0 fully saturated rings. The largest absolute Gasteiger partial charge is 0.494 e. The van der Waals surface area contributed by atoms with Gasteiger partial charge >= 0.3 is 0 Å². The molecule has 0 aliphatic rings. The predicted molar refractivity (Wildman–Crippen MR) is 111 cm³/mol. The van der Waals surface area contributed by atoms with E-state index in [1.165, 1.54) is 19.3 Å². The van der Waals surface area contributed by atoms with Crippen molar-refractivity contribution in [3.8, 4) is 11.5 Å². The number of methoxy groups -OCH3 is 1. The maximum atomic E-state index is 12.8. The van der Waals surface area contributed by atoms with Crippen molar-refractivity contribution in [3.05, 3.63) is 54.0 Å². The SMILES string of the molecule is CCCCCCOc1ccc(NC(=O)c2c(C)nc3c(OC)cccn23)cc1. The van der Waals surface area contributed by atoms with Crippen LogP contribution in [0.1, 0.15) is 48.8 Å². The zero-order valence-corrected chi connectivity index (χ0v) is 16.7. The number of ether oxygens (including phenoxy) is 2. The van der Waals surface area contributed by atoms with Gasteiger partial charge in [-0.05, 0) is 49.7 Å². The summed E-state index contributed by atoms with van der Waals surface area (Å²) in [5.41, 5.74) is 2.47. The van der Waals surface area contributed by atoms with E-state index in [-0.39, 0.29) is 5.91 Å². The molecule has 6 heteroatoms. The molecule has 0 bridgehead atoms. The van der Waals surface area contributed by atoms with Crippen molar-refractivity contribution in [1.82, 2.24) is 9.38 Å².